The minimum absolute atomic E-state index is 0.0301. The molecule has 2 rings (SSSR count). The molecule has 0 amide bonds. The number of esters is 1. The maximum Gasteiger partial charge on any atom is 0.360 e. The van der Waals surface area contributed by atoms with Crippen LogP contribution in [0.5, 0.6) is 0 Å². The Morgan fingerprint density at radius 1 is 1.45 bits per heavy atom. The maximum atomic E-state index is 11.9. The molecule has 1 aromatic rings. The van der Waals surface area contributed by atoms with Gasteiger partial charge in [-0.2, -0.15) is 5.10 Å². The van der Waals surface area contributed by atoms with Gasteiger partial charge in [0.1, 0.15) is 11.5 Å². The van der Waals surface area contributed by atoms with E-state index in [0.29, 0.717) is 12.3 Å². The van der Waals surface area contributed by atoms with Crippen molar-refractivity contribution in [3.63, 3.8) is 0 Å². The molecule has 1 fully saturated rings. The third kappa shape index (κ3) is 3.35. The summed E-state index contributed by atoms with van der Waals surface area (Å²) in [6.07, 6.45) is 1.70. The molecule has 1 aliphatic rings. The van der Waals surface area contributed by atoms with Gasteiger partial charge < -0.3 is 9.47 Å². The Morgan fingerprint density at radius 3 is 2.70 bits per heavy atom. The van der Waals surface area contributed by atoms with Crippen LogP contribution in [0.2, 0.25) is 0 Å². The van der Waals surface area contributed by atoms with Gasteiger partial charge in [-0.1, -0.05) is 0 Å². The number of hydrogen-bond acceptors (Lipinski definition) is 6. The van der Waals surface area contributed by atoms with Gasteiger partial charge in [-0.05, 0) is 19.8 Å². The molecule has 9 heteroatoms. The van der Waals surface area contributed by atoms with Crippen LogP contribution >= 0.6 is 0 Å². The van der Waals surface area contributed by atoms with Crippen molar-refractivity contribution in [3.05, 3.63) is 11.4 Å². The molecule has 0 unspecified atom stereocenters. The normalized spacial score (nSPS) is 15.3. The summed E-state index contributed by atoms with van der Waals surface area (Å²) in [6, 6.07) is 0. The highest BCUT2D eigenvalue weighted by molar-refractivity contribution is 7.89. The lowest BCUT2D eigenvalue weighted by molar-refractivity contribution is 0.0325. The number of hydrogen-bond donors (Lipinski definition) is 2. The van der Waals surface area contributed by atoms with Gasteiger partial charge in [-0.25, -0.2) is 18.4 Å². The van der Waals surface area contributed by atoms with Gasteiger partial charge in [0, 0.05) is 12.5 Å². The number of sulfonamides is 1. The van der Waals surface area contributed by atoms with Gasteiger partial charge in [-0.3, -0.25) is 5.10 Å². The predicted molar refractivity (Wildman–Crippen MR) is 68.7 cm³/mol. The molecule has 0 atom stereocenters. The van der Waals surface area contributed by atoms with E-state index >= 15 is 0 Å². The summed E-state index contributed by atoms with van der Waals surface area (Å²) in [5.74, 6) is -0.752. The minimum atomic E-state index is -4.03. The van der Waals surface area contributed by atoms with E-state index in [4.69, 9.17) is 14.6 Å². The Balaban J connectivity index is 2.17. The lowest BCUT2D eigenvalue weighted by Crippen LogP contribution is -2.19. The zero-order valence-electron chi connectivity index (χ0n) is 11.1. The molecule has 112 valence electrons. The standard InChI is InChI=1S/C11H17N3O5S/c1-2-18-5-6-19-11(15)9-10(20(12,16)17)8(13-14-9)7-3-4-7/h7H,2-6H2,1H3,(H,13,14)(H2,12,16,17). The molecule has 20 heavy (non-hydrogen) atoms. The van der Waals surface area contributed by atoms with Crippen LogP contribution in [0, 0.1) is 0 Å². The largest absolute Gasteiger partial charge is 0.458 e. The summed E-state index contributed by atoms with van der Waals surface area (Å²) in [7, 11) is -4.03. The van der Waals surface area contributed by atoms with E-state index in [1.807, 2.05) is 6.92 Å². The smallest absolute Gasteiger partial charge is 0.360 e. The number of primary sulfonamides is 1. The Hall–Kier alpha value is -1.45. The molecule has 0 aromatic carbocycles. The fraction of sp³-hybridized carbons (Fsp3) is 0.636. The van der Waals surface area contributed by atoms with Gasteiger partial charge >= 0.3 is 5.97 Å². The van der Waals surface area contributed by atoms with Crippen molar-refractivity contribution in [1.82, 2.24) is 10.2 Å². The van der Waals surface area contributed by atoms with Gasteiger partial charge in [0.15, 0.2) is 5.69 Å². The Labute approximate surface area is 116 Å². The van der Waals surface area contributed by atoms with E-state index in [-0.39, 0.29) is 29.7 Å². The van der Waals surface area contributed by atoms with Crippen LogP contribution in [-0.4, -0.2) is 44.4 Å². The van der Waals surface area contributed by atoms with Gasteiger partial charge in [0.2, 0.25) is 10.0 Å². The van der Waals surface area contributed by atoms with Gasteiger partial charge in [-0.15, -0.1) is 0 Å². The number of aromatic nitrogens is 2. The number of H-pyrrole nitrogens is 1. The monoisotopic (exact) mass is 303 g/mol. The Kier molecular flexibility index (Phi) is 4.41. The third-order valence-electron chi connectivity index (χ3n) is 2.88. The zero-order valence-corrected chi connectivity index (χ0v) is 11.9. The highest BCUT2D eigenvalue weighted by Crippen LogP contribution is 2.42. The summed E-state index contributed by atoms with van der Waals surface area (Å²) in [4.78, 5) is 11.6. The number of carbonyl (C=O) groups excluding carboxylic acids is 1. The number of rotatable bonds is 7. The molecule has 0 aliphatic heterocycles. The zero-order chi connectivity index (χ0) is 14.8. The third-order valence-corrected chi connectivity index (χ3v) is 3.86. The summed E-state index contributed by atoms with van der Waals surface area (Å²) in [5.41, 5.74) is 0.107. The van der Waals surface area contributed by atoms with Gasteiger partial charge in [0.05, 0.1) is 12.3 Å². The molecule has 0 saturated heterocycles. The Morgan fingerprint density at radius 2 is 2.15 bits per heavy atom. The number of nitrogens with one attached hydrogen (secondary N) is 1. The number of nitrogens with zero attached hydrogens (tertiary/aromatic N) is 1. The van der Waals surface area contributed by atoms with Crippen LogP contribution in [0.1, 0.15) is 41.9 Å². The molecule has 1 heterocycles. The fourth-order valence-corrected chi connectivity index (χ4v) is 2.74. The van der Waals surface area contributed by atoms with Crippen molar-refractivity contribution in [2.45, 2.75) is 30.6 Å². The van der Waals surface area contributed by atoms with Crippen LogP contribution in [0.15, 0.2) is 4.90 Å². The predicted octanol–water partition coefficient (Wildman–Crippen LogP) is 0.128. The number of aromatic amines is 1. The second-order valence-electron chi connectivity index (χ2n) is 4.47. The molecule has 8 nitrogen and oxygen atoms in total. The van der Waals surface area contributed by atoms with Crippen LogP contribution in [0.25, 0.3) is 0 Å². The molecule has 3 N–H and O–H groups in total. The lowest BCUT2D eigenvalue weighted by atomic mass is 10.2. The first kappa shape index (κ1) is 14.9. The van der Waals surface area contributed by atoms with Crippen molar-refractivity contribution >= 4 is 16.0 Å². The lowest BCUT2D eigenvalue weighted by Gasteiger charge is -2.05. The van der Waals surface area contributed by atoms with Crippen LogP contribution in [0.3, 0.4) is 0 Å². The first-order valence-corrected chi connectivity index (χ1v) is 7.85. The second kappa shape index (κ2) is 5.90. The molecule has 0 bridgehead atoms. The highest BCUT2D eigenvalue weighted by atomic mass is 32.2. The summed E-state index contributed by atoms with van der Waals surface area (Å²) < 4.78 is 33.2. The van der Waals surface area contributed by atoms with Crippen molar-refractivity contribution in [2.75, 3.05) is 19.8 Å². The highest BCUT2D eigenvalue weighted by Gasteiger charge is 2.36. The van der Waals surface area contributed by atoms with E-state index in [9.17, 15) is 13.2 Å². The maximum absolute atomic E-state index is 11.9. The fourth-order valence-electron chi connectivity index (χ4n) is 1.83. The minimum Gasteiger partial charge on any atom is -0.458 e. The van der Waals surface area contributed by atoms with E-state index in [1.165, 1.54) is 0 Å². The van der Waals surface area contributed by atoms with E-state index < -0.39 is 16.0 Å². The van der Waals surface area contributed by atoms with Crippen molar-refractivity contribution in [1.29, 1.82) is 0 Å². The molecular formula is C11H17N3O5S. The van der Waals surface area contributed by atoms with Crippen LogP contribution < -0.4 is 5.14 Å². The average Bonchev–Trinajstić information content (AvgIpc) is 3.11. The molecule has 1 aliphatic carbocycles. The SMILES string of the molecule is CCOCCOC(=O)c1n[nH]c(C2CC2)c1S(N)(=O)=O. The Bertz CT molecular complexity index is 591. The number of nitrogens with two attached hydrogens (primary N) is 1. The van der Waals surface area contributed by atoms with Crippen molar-refractivity contribution < 1.29 is 22.7 Å². The van der Waals surface area contributed by atoms with E-state index in [1.54, 1.807) is 0 Å². The number of carbonyl (C=O) groups is 1. The van der Waals surface area contributed by atoms with E-state index in [0.717, 1.165) is 12.8 Å². The number of ether oxygens (including phenoxy) is 2. The average molecular weight is 303 g/mol. The molecule has 1 aromatic heterocycles. The summed E-state index contributed by atoms with van der Waals surface area (Å²) in [5, 5.41) is 11.5. The molecule has 0 radical (unpaired) electrons. The first-order valence-electron chi connectivity index (χ1n) is 6.31. The quantitative estimate of drug-likeness (QED) is 0.545. The summed E-state index contributed by atoms with van der Waals surface area (Å²) >= 11 is 0. The second-order valence-corrected chi connectivity index (χ2v) is 5.97. The first-order chi connectivity index (χ1) is 9.45. The van der Waals surface area contributed by atoms with Gasteiger partial charge in [0.25, 0.3) is 0 Å². The van der Waals surface area contributed by atoms with Crippen molar-refractivity contribution in [3.8, 4) is 0 Å². The molecule has 1 saturated carbocycles. The molecular weight excluding hydrogens is 286 g/mol. The van der Waals surface area contributed by atoms with Crippen molar-refractivity contribution in [2.24, 2.45) is 5.14 Å². The van der Waals surface area contributed by atoms with Crippen LogP contribution in [-0.2, 0) is 19.5 Å². The summed E-state index contributed by atoms with van der Waals surface area (Å²) in [6.45, 7) is 2.60. The molecule has 0 spiro atoms. The van der Waals surface area contributed by atoms with E-state index in [2.05, 4.69) is 10.2 Å². The van der Waals surface area contributed by atoms with Crippen LogP contribution in [0.4, 0.5) is 0 Å². The topological polar surface area (TPSA) is 124 Å².